The van der Waals surface area contributed by atoms with Crippen LogP contribution in [-0.4, -0.2) is 35.4 Å². The average molecular weight is 541 g/mol. The van der Waals surface area contributed by atoms with Crippen LogP contribution in [0.3, 0.4) is 0 Å². The van der Waals surface area contributed by atoms with Gasteiger partial charge in [-0.2, -0.15) is 13.2 Å². The van der Waals surface area contributed by atoms with Crippen LogP contribution >= 0.6 is 0 Å². The largest absolute Gasteiger partial charge is 0.484 e. The molecule has 0 amide bonds. The van der Waals surface area contributed by atoms with Gasteiger partial charge in [-0.15, -0.1) is 0 Å². The van der Waals surface area contributed by atoms with Crippen molar-refractivity contribution in [2.24, 2.45) is 11.7 Å². The normalized spacial score (nSPS) is 14.7. The molecule has 0 unspecified atom stereocenters. The highest BCUT2D eigenvalue weighted by molar-refractivity contribution is 5.85. The van der Waals surface area contributed by atoms with Gasteiger partial charge in [0.25, 0.3) is 0 Å². The number of carbonyl (C=O) groups is 1. The molecule has 5 rings (SSSR count). The Hall–Kier alpha value is -3.39. The number of nitrogens with two attached hydrogens (primary N) is 1. The summed E-state index contributed by atoms with van der Waals surface area (Å²) in [5, 5.41) is 8.74. The van der Waals surface area contributed by atoms with E-state index in [1.807, 2.05) is 0 Å². The van der Waals surface area contributed by atoms with E-state index in [4.69, 9.17) is 10.8 Å². The van der Waals surface area contributed by atoms with Crippen molar-refractivity contribution in [1.29, 1.82) is 0 Å². The number of halogens is 3. The highest BCUT2D eigenvalue weighted by atomic mass is 19.4. The number of rotatable bonds is 9. The molecule has 3 aromatic rings. The second kappa shape index (κ2) is 12.2. The fourth-order valence-electron chi connectivity index (χ4n) is 5.28. The Morgan fingerprint density at radius 3 is 2.49 bits per heavy atom. The van der Waals surface area contributed by atoms with E-state index in [0.29, 0.717) is 17.4 Å². The van der Waals surface area contributed by atoms with E-state index in [2.05, 4.69) is 66.0 Å². The van der Waals surface area contributed by atoms with Gasteiger partial charge in [-0.25, -0.2) is 9.78 Å². The maximum atomic E-state index is 12.1. The van der Waals surface area contributed by atoms with Crippen molar-refractivity contribution in [2.45, 2.75) is 64.0 Å². The van der Waals surface area contributed by atoms with Gasteiger partial charge >= 0.3 is 12.1 Å². The molecular weight excluding hydrogens is 505 g/mol. The topological polar surface area (TPSA) is 85.4 Å². The number of aromatic nitrogens is 1. The summed E-state index contributed by atoms with van der Waals surface area (Å²) in [6, 6.07) is 16.7. The minimum Gasteiger partial charge on any atom is -0.484 e. The Morgan fingerprint density at radius 1 is 1.13 bits per heavy atom. The number of carboxylic acid groups (broad SMARTS) is 1. The molecule has 8 heteroatoms. The third-order valence-corrected chi connectivity index (χ3v) is 7.12. The molecule has 1 aromatic heterocycles. The minimum absolute atomic E-state index is 0.0396. The van der Waals surface area contributed by atoms with Gasteiger partial charge in [0.05, 0.1) is 0 Å². The minimum atomic E-state index is -4.45. The molecule has 0 spiro atoms. The van der Waals surface area contributed by atoms with Crippen LogP contribution in [0.5, 0.6) is 5.75 Å². The lowest BCUT2D eigenvalue weighted by Crippen LogP contribution is -2.20. The zero-order valence-electron chi connectivity index (χ0n) is 22.3. The molecule has 1 atom stereocenters. The zero-order valence-corrected chi connectivity index (χ0v) is 22.3. The zero-order chi connectivity index (χ0) is 28.2. The van der Waals surface area contributed by atoms with Gasteiger partial charge in [0, 0.05) is 17.8 Å². The van der Waals surface area contributed by atoms with E-state index in [0.717, 1.165) is 38.3 Å². The fraction of sp³-hybridized carbons (Fsp3) is 0.419. The van der Waals surface area contributed by atoms with Crippen LogP contribution in [0.4, 0.5) is 13.2 Å². The molecule has 1 heterocycles. The maximum absolute atomic E-state index is 12.1. The molecule has 2 aromatic carbocycles. The van der Waals surface area contributed by atoms with E-state index < -0.39 is 18.8 Å². The molecule has 39 heavy (non-hydrogen) atoms. The first-order chi connectivity index (χ1) is 18.6. The van der Waals surface area contributed by atoms with Gasteiger partial charge in [-0.3, -0.25) is 0 Å². The number of nitrogens with zero attached hydrogens (tertiary/aromatic N) is 1. The van der Waals surface area contributed by atoms with Crippen molar-refractivity contribution in [1.82, 2.24) is 4.98 Å². The second-order valence-corrected chi connectivity index (χ2v) is 10.7. The number of alkyl halides is 3. The SMILES string of the molecule is CC(C)C[C@@H](CCN)c1cccc2c1Cc1ccccc1-2.O=C(O)c1cc(OCC(F)(F)F)c(C2CC2)cn1. The summed E-state index contributed by atoms with van der Waals surface area (Å²) in [6.07, 6.45) is 1.95. The van der Waals surface area contributed by atoms with Crippen LogP contribution in [0, 0.1) is 5.92 Å². The van der Waals surface area contributed by atoms with Crippen molar-refractivity contribution < 1.29 is 27.8 Å². The van der Waals surface area contributed by atoms with E-state index in [1.54, 1.807) is 0 Å². The molecule has 1 fully saturated rings. The smallest absolute Gasteiger partial charge is 0.422 e. The molecule has 0 aliphatic heterocycles. The number of fused-ring (bicyclic) bond motifs is 3. The van der Waals surface area contributed by atoms with E-state index in [-0.39, 0.29) is 17.4 Å². The number of carboxylic acids is 1. The average Bonchev–Trinajstić information content (AvgIpc) is 3.66. The van der Waals surface area contributed by atoms with Crippen LogP contribution in [0.1, 0.15) is 84.1 Å². The van der Waals surface area contributed by atoms with Crippen molar-refractivity contribution in [3.8, 4) is 16.9 Å². The summed E-state index contributed by atoms with van der Waals surface area (Å²) in [7, 11) is 0. The number of hydrogen-bond donors (Lipinski definition) is 2. The van der Waals surface area contributed by atoms with Crippen LogP contribution in [0.25, 0.3) is 11.1 Å². The van der Waals surface area contributed by atoms with Crippen molar-refractivity contribution in [2.75, 3.05) is 13.2 Å². The molecule has 0 radical (unpaired) electrons. The predicted octanol–water partition coefficient (Wildman–Crippen LogP) is 7.33. The highest BCUT2D eigenvalue weighted by Gasteiger charge is 2.32. The van der Waals surface area contributed by atoms with Crippen molar-refractivity contribution in [3.63, 3.8) is 0 Å². The molecular formula is C31H35F3N2O3. The first-order valence-electron chi connectivity index (χ1n) is 13.4. The molecule has 208 valence electrons. The molecule has 3 N–H and O–H groups in total. The number of ether oxygens (including phenoxy) is 1. The lowest BCUT2D eigenvalue weighted by molar-refractivity contribution is -0.153. The summed E-state index contributed by atoms with van der Waals surface area (Å²) in [6.45, 7) is 3.95. The molecule has 2 aliphatic rings. The van der Waals surface area contributed by atoms with Crippen LogP contribution in [0.2, 0.25) is 0 Å². The summed E-state index contributed by atoms with van der Waals surface area (Å²) in [5.41, 5.74) is 13.5. The Balaban J connectivity index is 0.000000183. The number of pyridine rings is 1. The Labute approximate surface area is 227 Å². The third-order valence-electron chi connectivity index (χ3n) is 7.12. The lowest BCUT2D eigenvalue weighted by Gasteiger charge is -2.22. The Kier molecular flexibility index (Phi) is 8.95. The van der Waals surface area contributed by atoms with Crippen LogP contribution in [-0.2, 0) is 6.42 Å². The molecule has 1 saturated carbocycles. The molecule has 0 bridgehead atoms. The van der Waals surface area contributed by atoms with E-state index in [1.165, 1.54) is 40.4 Å². The third kappa shape index (κ3) is 7.38. The predicted molar refractivity (Wildman–Crippen MR) is 145 cm³/mol. The van der Waals surface area contributed by atoms with Crippen molar-refractivity contribution in [3.05, 3.63) is 82.7 Å². The first kappa shape index (κ1) is 28.6. The van der Waals surface area contributed by atoms with Gasteiger partial charge in [0.2, 0.25) is 0 Å². The van der Waals surface area contributed by atoms with Gasteiger partial charge < -0.3 is 15.6 Å². The first-order valence-corrected chi connectivity index (χ1v) is 13.4. The summed E-state index contributed by atoms with van der Waals surface area (Å²) in [4.78, 5) is 14.4. The van der Waals surface area contributed by atoms with Gasteiger partial charge in [0.1, 0.15) is 5.75 Å². The highest BCUT2D eigenvalue weighted by Crippen LogP contribution is 2.44. The summed E-state index contributed by atoms with van der Waals surface area (Å²) >= 11 is 0. The van der Waals surface area contributed by atoms with E-state index in [9.17, 15) is 18.0 Å². The molecule has 5 nitrogen and oxygen atoms in total. The summed E-state index contributed by atoms with van der Waals surface area (Å²) in [5.74, 6) is 0.0976. The Morgan fingerprint density at radius 2 is 1.85 bits per heavy atom. The van der Waals surface area contributed by atoms with E-state index >= 15 is 0 Å². The van der Waals surface area contributed by atoms with Crippen LogP contribution in [0.15, 0.2) is 54.7 Å². The number of aromatic carboxylic acids is 1. The Bertz CT molecular complexity index is 1300. The van der Waals surface area contributed by atoms with Crippen LogP contribution < -0.4 is 10.5 Å². The second-order valence-electron chi connectivity index (χ2n) is 10.7. The fourth-order valence-corrected chi connectivity index (χ4v) is 5.28. The monoisotopic (exact) mass is 540 g/mol. The van der Waals surface area contributed by atoms with Crippen molar-refractivity contribution >= 4 is 5.97 Å². The quantitative estimate of drug-likeness (QED) is 0.232. The number of hydrogen-bond acceptors (Lipinski definition) is 4. The molecule has 0 saturated heterocycles. The lowest BCUT2D eigenvalue weighted by atomic mass is 9.84. The number of benzene rings is 2. The molecule has 2 aliphatic carbocycles. The van der Waals surface area contributed by atoms with Gasteiger partial charge in [-0.1, -0.05) is 56.3 Å². The summed E-state index contributed by atoms with van der Waals surface area (Å²) < 4.78 is 40.9. The maximum Gasteiger partial charge on any atom is 0.422 e. The standard InChI is InChI=1S/C20H25N.C11H10F3NO3/c1-14(2)12-16(10-11-21)18-8-5-9-19-17-7-4-3-6-15(17)13-20(18)19;12-11(13,14)5-18-9-3-8(10(16)17)15-4-7(9)6-1-2-6/h3-9,14,16H,10-13,21H2,1-2H3;3-4,6H,1-2,5H2,(H,16,17)/t16-;/m1./s1. The van der Waals surface area contributed by atoms with Gasteiger partial charge in [-0.05, 0) is 84.2 Å². The van der Waals surface area contributed by atoms with Gasteiger partial charge in [0.15, 0.2) is 12.3 Å².